The third-order valence-electron chi connectivity index (χ3n) is 3.78. The zero-order valence-corrected chi connectivity index (χ0v) is 12.3. The lowest BCUT2D eigenvalue weighted by atomic mass is 9.99. The summed E-state index contributed by atoms with van der Waals surface area (Å²) < 4.78 is 0. The molecule has 3 heterocycles. The van der Waals surface area contributed by atoms with Gasteiger partial charge in [-0.2, -0.15) is 0 Å². The number of hydrogen-bond donors (Lipinski definition) is 0. The molecule has 1 unspecified atom stereocenters. The number of rotatable bonds is 2. The first-order valence-corrected chi connectivity index (χ1v) is 7.17. The fourth-order valence-electron chi connectivity index (χ4n) is 2.57. The zero-order valence-electron chi connectivity index (χ0n) is 12.3. The lowest BCUT2D eigenvalue weighted by Gasteiger charge is -2.31. The van der Waals surface area contributed by atoms with Crippen LogP contribution in [0.4, 0.5) is 5.82 Å². The SMILES string of the molecule is Cc1cc(N2CCC(=O)C(C)C2)nc(-c2ccncc2)n1. The summed E-state index contributed by atoms with van der Waals surface area (Å²) in [5.41, 5.74) is 1.88. The Kier molecular flexibility index (Phi) is 3.64. The molecule has 0 bridgehead atoms. The van der Waals surface area contributed by atoms with Crippen molar-refractivity contribution in [2.45, 2.75) is 20.3 Å². The monoisotopic (exact) mass is 282 g/mol. The average molecular weight is 282 g/mol. The maximum absolute atomic E-state index is 11.7. The van der Waals surface area contributed by atoms with E-state index in [9.17, 15) is 4.79 Å². The Hall–Kier alpha value is -2.30. The van der Waals surface area contributed by atoms with Crippen LogP contribution in [0.15, 0.2) is 30.6 Å². The summed E-state index contributed by atoms with van der Waals surface area (Å²) in [6.45, 7) is 5.40. The van der Waals surface area contributed by atoms with Gasteiger partial charge < -0.3 is 4.90 Å². The van der Waals surface area contributed by atoms with Crippen LogP contribution in [0.2, 0.25) is 0 Å². The quantitative estimate of drug-likeness (QED) is 0.845. The summed E-state index contributed by atoms with van der Waals surface area (Å²) in [5, 5.41) is 0. The highest BCUT2D eigenvalue weighted by molar-refractivity contribution is 5.83. The Morgan fingerprint density at radius 3 is 2.71 bits per heavy atom. The van der Waals surface area contributed by atoms with Gasteiger partial charge in [0, 0.05) is 55.1 Å². The van der Waals surface area contributed by atoms with E-state index < -0.39 is 0 Å². The van der Waals surface area contributed by atoms with Gasteiger partial charge >= 0.3 is 0 Å². The molecule has 1 aliphatic rings. The second-order valence-corrected chi connectivity index (χ2v) is 5.49. The van der Waals surface area contributed by atoms with Gasteiger partial charge in [-0.1, -0.05) is 6.92 Å². The van der Waals surface area contributed by atoms with Gasteiger partial charge in [-0.25, -0.2) is 9.97 Å². The van der Waals surface area contributed by atoms with E-state index in [0.29, 0.717) is 18.0 Å². The highest BCUT2D eigenvalue weighted by Gasteiger charge is 2.24. The predicted octanol–water partition coefficient (Wildman–Crippen LogP) is 2.26. The first-order chi connectivity index (χ1) is 10.1. The third-order valence-corrected chi connectivity index (χ3v) is 3.78. The van der Waals surface area contributed by atoms with Crippen LogP contribution in [0.5, 0.6) is 0 Å². The van der Waals surface area contributed by atoms with E-state index in [1.165, 1.54) is 0 Å². The molecule has 1 atom stereocenters. The molecule has 5 heteroatoms. The minimum atomic E-state index is 0.0680. The van der Waals surface area contributed by atoms with Gasteiger partial charge in [0.25, 0.3) is 0 Å². The van der Waals surface area contributed by atoms with E-state index in [4.69, 9.17) is 0 Å². The van der Waals surface area contributed by atoms with Crippen molar-refractivity contribution in [3.63, 3.8) is 0 Å². The molecule has 0 aliphatic carbocycles. The van der Waals surface area contributed by atoms with E-state index >= 15 is 0 Å². The molecule has 1 saturated heterocycles. The first kappa shape index (κ1) is 13.7. The van der Waals surface area contributed by atoms with Gasteiger partial charge in [-0.15, -0.1) is 0 Å². The minimum Gasteiger partial charge on any atom is -0.355 e. The van der Waals surface area contributed by atoms with Crippen LogP contribution in [0.25, 0.3) is 11.4 Å². The van der Waals surface area contributed by atoms with Gasteiger partial charge in [0.15, 0.2) is 5.82 Å². The topological polar surface area (TPSA) is 59.0 Å². The van der Waals surface area contributed by atoms with Gasteiger partial charge in [-0.3, -0.25) is 9.78 Å². The molecule has 1 aliphatic heterocycles. The van der Waals surface area contributed by atoms with Crippen LogP contribution in [-0.2, 0) is 4.79 Å². The maximum atomic E-state index is 11.7. The fraction of sp³-hybridized carbons (Fsp3) is 0.375. The molecule has 0 amide bonds. The normalized spacial score (nSPS) is 18.9. The number of piperidine rings is 1. The van der Waals surface area contributed by atoms with Crippen molar-refractivity contribution in [1.29, 1.82) is 0 Å². The number of carbonyl (C=O) groups is 1. The van der Waals surface area contributed by atoms with Crippen molar-refractivity contribution in [2.75, 3.05) is 18.0 Å². The molecule has 0 saturated carbocycles. The summed E-state index contributed by atoms with van der Waals surface area (Å²) in [5.74, 6) is 2.01. The van der Waals surface area contributed by atoms with E-state index in [-0.39, 0.29) is 5.92 Å². The van der Waals surface area contributed by atoms with E-state index in [0.717, 1.165) is 30.2 Å². The Morgan fingerprint density at radius 1 is 1.24 bits per heavy atom. The van der Waals surface area contributed by atoms with Crippen molar-refractivity contribution in [3.8, 4) is 11.4 Å². The molecule has 0 spiro atoms. The number of aromatic nitrogens is 3. The molecule has 0 radical (unpaired) electrons. The Bertz CT molecular complexity index is 657. The number of carbonyl (C=O) groups excluding carboxylic acids is 1. The minimum absolute atomic E-state index is 0.0680. The Labute approximate surface area is 124 Å². The highest BCUT2D eigenvalue weighted by atomic mass is 16.1. The average Bonchev–Trinajstić information content (AvgIpc) is 2.50. The summed E-state index contributed by atoms with van der Waals surface area (Å²) >= 11 is 0. The molecule has 3 rings (SSSR count). The largest absolute Gasteiger partial charge is 0.355 e. The van der Waals surface area contributed by atoms with E-state index in [2.05, 4.69) is 19.9 Å². The summed E-state index contributed by atoms with van der Waals surface area (Å²) in [7, 11) is 0. The number of ketones is 1. The maximum Gasteiger partial charge on any atom is 0.161 e. The van der Waals surface area contributed by atoms with Gasteiger partial charge in [0.05, 0.1) is 0 Å². The Morgan fingerprint density at radius 2 is 2.00 bits per heavy atom. The number of nitrogens with zero attached hydrogens (tertiary/aromatic N) is 4. The third kappa shape index (κ3) is 2.91. The summed E-state index contributed by atoms with van der Waals surface area (Å²) in [4.78, 5) is 27.0. The second-order valence-electron chi connectivity index (χ2n) is 5.49. The van der Waals surface area contributed by atoms with Gasteiger partial charge in [-0.05, 0) is 19.1 Å². The number of aryl methyl sites for hydroxylation is 1. The lowest BCUT2D eigenvalue weighted by molar-refractivity contribution is -0.122. The number of Topliss-reactive ketones (excluding diaryl/α,β-unsaturated/α-hetero) is 1. The van der Waals surface area contributed by atoms with Crippen LogP contribution >= 0.6 is 0 Å². The molecular weight excluding hydrogens is 264 g/mol. The zero-order chi connectivity index (χ0) is 14.8. The molecular formula is C16H18N4O. The van der Waals surface area contributed by atoms with Crippen molar-refractivity contribution < 1.29 is 4.79 Å². The predicted molar refractivity (Wildman–Crippen MR) is 81.0 cm³/mol. The summed E-state index contributed by atoms with van der Waals surface area (Å²) in [6, 6.07) is 5.79. The molecule has 0 N–H and O–H groups in total. The molecule has 1 fully saturated rings. The molecule has 108 valence electrons. The molecule has 2 aromatic rings. The summed E-state index contributed by atoms with van der Waals surface area (Å²) in [6.07, 6.45) is 4.07. The standard InChI is InChI=1S/C16H18N4O/c1-11-10-20(8-5-14(11)21)15-9-12(2)18-16(19-15)13-3-6-17-7-4-13/h3-4,6-7,9,11H,5,8,10H2,1-2H3. The molecule has 21 heavy (non-hydrogen) atoms. The van der Waals surface area contributed by atoms with Crippen LogP contribution < -0.4 is 4.90 Å². The number of pyridine rings is 1. The molecule has 2 aromatic heterocycles. The van der Waals surface area contributed by atoms with Crippen LogP contribution in [-0.4, -0.2) is 33.8 Å². The van der Waals surface area contributed by atoms with E-state index in [1.807, 2.05) is 32.0 Å². The highest BCUT2D eigenvalue weighted by Crippen LogP contribution is 2.23. The van der Waals surface area contributed by atoms with Crippen molar-refractivity contribution in [3.05, 3.63) is 36.3 Å². The van der Waals surface area contributed by atoms with Gasteiger partial charge in [0.1, 0.15) is 11.6 Å². The number of hydrogen-bond acceptors (Lipinski definition) is 5. The van der Waals surface area contributed by atoms with Crippen LogP contribution in [0.3, 0.4) is 0 Å². The second kappa shape index (κ2) is 5.60. The lowest BCUT2D eigenvalue weighted by Crippen LogP contribution is -2.40. The van der Waals surface area contributed by atoms with Crippen molar-refractivity contribution in [1.82, 2.24) is 15.0 Å². The van der Waals surface area contributed by atoms with Crippen LogP contribution in [0, 0.1) is 12.8 Å². The van der Waals surface area contributed by atoms with Crippen molar-refractivity contribution in [2.24, 2.45) is 5.92 Å². The smallest absolute Gasteiger partial charge is 0.161 e. The number of anilines is 1. The first-order valence-electron chi connectivity index (χ1n) is 7.17. The molecule has 0 aromatic carbocycles. The van der Waals surface area contributed by atoms with Crippen molar-refractivity contribution >= 4 is 11.6 Å². The fourth-order valence-corrected chi connectivity index (χ4v) is 2.57. The van der Waals surface area contributed by atoms with Gasteiger partial charge in [0.2, 0.25) is 0 Å². The molecule has 5 nitrogen and oxygen atoms in total. The Balaban J connectivity index is 1.93. The van der Waals surface area contributed by atoms with E-state index in [1.54, 1.807) is 12.4 Å². The van der Waals surface area contributed by atoms with Crippen LogP contribution in [0.1, 0.15) is 19.0 Å².